The summed E-state index contributed by atoms with van der Waals surface area (Å²) >= 11 is 0. The molecule has 0 N–H and O–H groups in total. The van der Waals surface area contributed by atoms with E-state index in [0.717, 1.165) is 12.0 Å². The number of benzene rings is 1. The molecule has 4 heteroatoms. The van der Waals surface area contributed by atoms with Gasteiger partial charge in [-0.25, -0.2) is 9.59 Å². The summed E-state index contributed by atoms with van der Waals surface area (Å²) in [6.07, 6.45) is 0.785. The molecule has 0 radical (unpaired) electrons. The number of hydrogen-bond acceptors (Lipinski definition) is 4. The van der Waals surface area contributed by atoms with Gasteiger partial charge in [-0.05, 0) is 37.0 Å². The zero-order valence-corrected chi connectivity index (χ0v) is 12.6. The Balaban J connectivity index is 3.04. The van der Waals surface area contributed by atoms with Crippen LogP contribution in [0.2, 0.25) is 0 Å². The van der Waals surface area contributed by atoms with Gasteiger partial charge >= 0.3 is 11.9 Å². The lowest BCUT2D eigenvalue weighted by atomic mass is 10.0. The first-order valence-corrected chi connectivity index (χ1v) is 6.96. The minimum absolute atomic E-state index is 0.250. The van der Waals surface area contributed by atoms with Crippen LogP contribution >= 0.6 is 0 Å². The molecule has 0 aliphatic rings. The van der Waals surface area contributed by atoms with Crippen LogP contribution in [0.15, 0.2) is 18.2 Å². The number of carbonyl (C=O) groups is 2. The van der Waals surface area contributed by atoms with Crippen LogP contribution in [-0.2, 0) is 15.9 Å². The molecule has 0 aliphatic heterocycles. The first-order chi connectivity index (χ1) is 9.49. The summed E-state index contributed by atoms with van der Waals surface area (Å²) in [5, 5.41) is 0. The maximum atomic E-state index is 12.0. The first-order valence-electron chi connectivity index (χ1n) is 6.96. The van der Waals surface area contributed by atoms with Crippen molar-refractivity contribution in [3.05, 3.63) is 34.9 Å². The van der Waals surface area contributed by atoms with Crippen molar-refractivity contribution in [2.45, 2.75) is 34.1 Å². The quantitative estimate of drug-likeness (QED) is 0.750. The van der Waals surface area contributed by atoms with Crippen LogP contribution in [0.4, 0.5) is 0 Å². The number of esters is 2. The Kier molecular flexibility index (Phi) is 6.22. The predicted molar refractivity (Wildman–Crippen MR) is 76.9 cm³/mol. The van der Waals surface area contributed by atoms with E-state index < -0.39 is 11.9 Å². The molecule has 110 valence electrons. The second-order valence-electron chi connectivity index (χ2n) is 4.95. The standard InChI is InChI=1S/C16H22O4/c1-5-12-7-8-13(15(17)20-10-11(3)4)14(9-12)16(18)19-6-2/h7-9,11H,5-6,10H2,1-4H3. The zero-order chi connectivity index (χ0) is 15.1. The second-order valence-corrected chi connectivity index (χ2v) is 4.95. The Bertz CT molecular complexity index is 477. The summed E-state index contributed by atoms with van der Waals surface area (Å²) in [7, 11) is 0. The van der Waals surface area contributed by atoms with Crippen molar-refractivity contribution in [3.63, 3.8) is 0 Å². The normalized spacial score (nSPS) is 10.4. The summed E-state index contributed by atoms with van der Waals surface area (Å²) in [5.74, 6) is -0.719. The fourth-order valence-corrected chi connectivity index (χ4v) is 1.69. The minimum atomic E-state index is -0.487. The molecule has 0 unspecified atom stereocenters. The highest BCUT2D eigenvalue weighted by molar-refractivity contribution is 6.03. The molecule has 0 saturated carbocycles. The van der Waals surface area contributed by atoms with Crippen LogP contribution in [0.5, 0.6) is 0 Å². The van der Waals surface area contributed by atoms with Crippen LogP contribution in [0.1, 0.15) is 54.0 Å². The zero-order valence-electron chi connectivity index (χ0n) is 12.6. The number of carbonyl (C=O) groups excluding carboxylic acids is 2. The smallest absolute Gasteiger partial charge is 0.339 e. The van der Waals surface area contributed by atoms with Gasteiger partial charge < -0.3 is 9.47 Å². The summed E-state index contributed by atoms with van der Waals surface area (Å²) in [5.41, 5.74) is 1.52. The van der Waals surface area contributed by atoms with Crippen molar-refractivity contribution in [1.82, 2.24) is 0 Å². The number of ether oxygens (including phenoxy) is 2. The second kappa shape index (κ2) is 7.68. The van der Waals surface area contributed by atoms with Crippen LogP contribution in [0.3, 0.4) is 0 Å². The molecule has 0 atom stereocenters. The fraction of sp³-hybridized carbons (Fsp3) is 0.500. The minimum Gasteiger partial charge on any atom is -0.462 e. The van der Waals surface area contributed by atoms with Crippen molar-refractivity contribution >= 4 is 11.9 Å². The lowest BCUT2D eigenvalue weighted by Crippen LogP contribution is -2.16. The van der Waals surface area contributed by atoms with Crippen LogP contribution in [0.25, 0.3) is 0 Å². The molecule has 0 aromatic heterocycles. The number of rotatable bonds is 6. The highest BCUT2D eigenvalue weighted by atomic mass is 16.5. The summed E-state index contributed by atoms with van der Waals surface area (Å²) in [6.45, 7) is 8.24. The Morgan fingerprint density at radius 1 is 1.05 bits per heavy atom. The van der Waals surface area contributed by atoms with E-state index in [1.54, 1.807) is 19.1 Å². The average molecular weight is 278 g/mol. The molecule has 0 saturated heterocycles. The van der Waals surface area contributed by atoms with Gasteiger partial charge in [-0.3, -0.25) is 0 Å². The third kappa shape index (κ3) is 4.37. The highest BCUT2D eigenvalue weighted by Crippen LogP contribution is 2.16. The van der Waals surface area contributed by atoms with Gasteiger partial charge in [0.25, 0.3) is 0 Å². The third-order valence-electron chi connectivity index (χ3n) is 2.76. The van der Waals surface area contributed by atoms with Gasteiger partial charge in [0.1, 0.15) is 0 Å². The molecule has 1 aromatic carbocycles. The molecule has 0 heterocycles. The Labute approximate surface area is 120 Å². The first kappa shape index (κ1) is 16.2. The van der Waals surface area contributed by atoms with E-state index in [-0.39, 0.29) is 23.7 Å². The number of hydrogen-bond donors (Lipinski definition) is 0. The topological polar surface area (TPSA) is 52.6 Å². The van der Waals surface area contributed by atoms with Crippen LogP contribution in [0, 0.1) is 5.92 Å². The summed E-state index contributed by atoms with van der Waals surface area (Å²) < 4.78 is 10.2. The van der Waals surface area contributed by atoms with Crippen LogP contribution < -0.4 is 0 Å². The van der Waals surface area contributed by atoms with E-state index >= 15 is 0 Å². The van der Waals surface area contributed by atoms with E-state index in [0.29, 0.717) is 6.61 Å². The van der Waals surface area contributed by atoms with Gasteiger partial charge in [0, 0.05) is 0 Å². The molecular formula is C16H22O4. The predicted octanol–water partition coefficient (Wildman–Crippen LogP) is 3.24. The van der Waals surface area contributed by atoms with Gasteiger partial charge in [-0.1, -0.05) is 26.8 Å². The molecule has 0 spiro atoms. The maximum Gasteiger partial charge on any atom is 0.339 e. The molecule has 0 amide bonds. The van der Waals surface area contributed by atoms with Crippen molar-refractivity contribution in [1.29, 1.82) is 0 Å². The van der Waals surface area contributed by atoms with Gasteiger partial charge in [0.2, 0.25) is 0 Å². The average Bonchev–Trinajstić information content (AvgIpc) is 2.44. The lowest BCUT2D eigenvalue weighted by Gasteiger charge is -2.11. The van der Waals surface area contributed by atoms with E-state index in [2.05, 4.69) is 0 Å². The Hall–Kier alpha value is -1.84. The van der Waals surface area contributed by atoms with Gasteiger partial charge in [0.15, 0.2) is 0 Å². The molecule has 0 bridgehead atoms. The fourth-order valence-electron chi connectivity index (χ4n) is 1.69. The lowest BCUT2D eigenvalue weighted by molar-refractivity contribution is 0.0435. The Morgan fingerprint density at radius 2 is 1.70 bits per heavy atom. The van der Waals surface area contributed by atoms with E-state index in [4.69, 9.17) is 9.47 Å². The molecular weight excluding hydrogens is 256 g/mol. The largest absolute Gasteiger partial charge is 0.462 e. The van der Waals surface area contributed by atoms with E-state index in [1.807, 2.05) is 26.8 Å². The van der Waals surface area contributed by atoms with Gasteiger partial charge in [0.05, 0.1) is 24.3 Å². The molecule has 0 aliphatic carbocycles. The summed E-state index contributed by atoms with van der Waals surface area (Å²) in [6, 6.07) is 5.16. The summed E-state index contributed by atoms with van der Waals surface area (Å²) in [4.78, 5) is 24.0. The van der Waals surface area contributed by atoms with E-state index in [1.165, 1.54) is 0 Å². The van der Waals surface area contributed by atoms with Crippen molar-refractivity contribution in [2.75, 3.05) is 13.2 Å². The van der Waals surface area contributed by atoms with Gasteiger partial charge in [-0.2, -0.15) is 0 Å². The Morgan fingerprint density at radius 3 is 2.25 bits per heavy atom. The van der Waals surface area contributed by atoms with Crippen molar-refractivity contribution in [2.24, 2.45) is 5.92 Å². The molecule has 20 heavy (non-hydrogen) atoms. The maximum absolute atomic E-state index is 12.0. The van der Waals surface area contributed by atoms with Gasteiger partial charge in [-0.15, -0.1) is 0 Å². The monoisotopic (exact) mass is 278 g/mol. The van der Waals surface area contributed by atoms with Crippen LogP contribution in [-0.4, -0.2) is 25.2 Å². The molecule has 1 rings (SSSR count). The SMILES string of the molecule is CCOC(=O)c1cc(CC)ccc1C(=O)OCC(C)C. The van der Waals surface area contributed by atoms with Crippen molar-refractivity contribution < 1.29 is 19.1 Å². The van der Waals surface area contributed by atoms with E-state index in [9.17, 15) is 9.59 Å². The molecule has 4 nitrogen and oxygen atoms in total. The van der Waals surface area contributed by atoms with Crippen molar-refractivity contribution in [3.8, 4) is 0 Å². The molecule has 1 aromatic rings. The molecule has 0 fully saturated rings. The number of aryl methyl sites for hydroxylation is 1. The highest BCUT2D eigenvalue weighted by Gasteiger charge is 2.20. The third-order valence-corrected chi connectivity index (χ3v) is 2.76.